The summed E-state index contributed by atoms with van der Waals surface area (Å²) in [5.74, 6) is 6.47. The first-order valence-corrected chi connectivity index (χ1v) is 7.32. The minimum atomic E-state index is 0.303. The van der Waals surface area contributed by atoms with Crippen molar-refractivity contribution in [3.05, 3.63) is 34.9 Å². The molecule has 1 aromatic rings. The van der Waals surface area contributed by atoms with Crippen molar-refractivity contribution in [1.29, 1.82) is 0 Å². The van der Waals surface area contributed by atoms with Crippen molar-refractivity contribution in [2.45, 2.75) is 58.4 Å². The molecule has 1 aromatic carbocycles. The van der Waals surface area contributed by atoms with Gasteiger partial charge in [0.2, 0.25) is 0 Å². The quantitative estimate of drug-likeness (QED) is 0.595. The molecule has 2 nitrogen and oxygen atoms in total. The van der Waals surface area contributed by atoms with Crippen molar-refractivity contribution in [1.82, 2.24) is 5.43 Å². The highest BCUT2D eigenvalue weighted by molar-refractivity contribution is 5.36. The number of hydrogen-bond donors (Lipinski definition) is 2. The molecule has 0 aliphatic heterocycles. The zero-order valence-electron chi connectivity index (χ0n) is 11.7. The van der Waals surface area contributed by atoms with Crippen molar-refractivity contribution in [3.63, 3.8) is 0 Å². The lowest BCUT2D eigenvalue weighted by atomic mass is 9.92. The second kappa shape index (κ2) is 6.35. The van der Waals surface area contributed by atoms with Gasteiger partial charge in [0.15, 0.2) is 0 Å². The average Bonchev–Trinajstić information content (AvgIpc) is 2.83. The second-order valence-corrected chi connectivity index (χ2v) is 5.73. The molecule has 1 aliphatic rings. The Morgan fingerprint density at radius 1 is 1.28 bits per heavy atom. The van der Waals surface area contributed by atoms with E-state index in [-0.39, 0.29) is 0 Å². The maximum atomic E-state index is 5.74. The molecule has 100 valence electrons. The Hall–Kier alpha value is -0.860. The van der Waals surface area contributed by atoms with Gasteiger partial charge in [-0.05, 0) is 48.3 Å². The highest BCUT2D eigenvalue weighted by Crippen LogP contribution is 2.28. The van der Waals surface area contributed by atoms with Gasteiger partial charge in [-0.1, -0.05) is 44.9 Å². The summed E-state index contributed by atoms with van der Waals surface area (Å²) < 4.78 is 0. The van der Waals surface area contributed by atoms with Crippen LogP contribution in [-0.2, 0) is 12.8 Å². The van der Waals surface area contributed by atoms with Crippen molar-refractivity contribution >= 4 is 0 Å². The van der Waals surface area contributed by atoms with E-state index in [0.29, 0.717) is 6.04 Å². The number of aryl methyl sites for hydroxylation is 2. The van der Waals surface area contributed by atoms with E-state index in [1.807, 2.05) is 0 Å². The van der Waals surface area contributed by atoms with Crippen molar-refractivity contribution in [2.75, 3.05) is 0 Å². The average molecular weight is 246 g/mol. The third kappa shape index (κ3) is 3.12. The van der Waals surface area contributed by atoms with Crippen LogP contribution in [0.15, 0.2) is 18.2 Å². The minimum absolute atomic E-state index is 0.303. The molecule has 1 aliphatic carbocycles. The lowest BCUT2D eigenvalue weighted by Gasteiger charge is -2.21. The van der Waals surface area contributed by atoms with Crippen molar-refractivity contribution in [3.8, 4) is 0 Å². The van der Waals surface area contributed by atoms with Gasteiger partial charge in [0, 0.05) is 6.04 Å². The lowest BCUT2D eigenvalue weighted by Crippen LogP contribution is -2.29. The Balaban J connectivity index is 2.07. The fourth-order valence-corrected chi connectivity index (χ4v) is 3.12. The Morgan fingerprint density at radius 2 is 2.06 bits per heavy atom. The fourth-order valence-electron chi connectivity index (χ4n) is 3.12. The fraction of sp³-hybridized carbons (Fsp3) is 0.625. The van der Waals surface area contributed by atoms with Gasteiger partial charge in [0.1, 0.15) is 0 Å². The van der Waals surface area contributed by atoms with Crippen LogP contribution in [0.5, 0.6) is 0 Å². The summed E-state index contributed by atoms with van der Waals surface area (Å²) >= 11 is 0. The van der Waals surface area contributed by atoms with E-state index >= 15 is 0 Å². The molecule has 0 spiro atoms. The zero-order valence-corrected chi connectivity index (χ0v) is 11.7. The van der Waals surface area contributed by atoms with Crippen LogP contribution in [0.2, 0.25) is 0 Å². The van der Waals surface area contributed by atoms with Crippen molar-refractivity contribution < 1.29 is 0 Å². The van der Waals surface area contributed by atoms with Gasteiger partial charge >= 0.3 is 0 Å². The first kappa shape index (κ1) is 13.6. The standard InChI is InChI=1S/C16H26N2/c1-3-5-12(2)10-16(18-17)15-9-8-13-6-4-7-14(13)11-15/h8-9,11-12,16,18H,3-7,10,17H2,1-2H3. The van der Waals surface area contributed by atoms with E-state index in [0.717, 1.165) is 12.3 Å². The summed E-state index contributed by atoms with van der Waals surface area (Å²) in [7, 11) is 0. The Morgan fingerprint density at radius 3 is 2.78 bits per heavy atom. The van der Waals surface area contributed by atoms with Gasteiger partial charge in [-0.3, -0.25) is 11.3 Å². The van der Waals surface area contributed by atoms with Crippen LogP contribution < -0.4 is 11.3 Å². The molecule has 0 aromatic heterocycles. The predicted octanol–water partition coefficient (Wildman–Crippen LogP) is 3.51. The van der Waals surface area contributed by atoms with Crippen LogP contribution in [0.3, 0.4) is 0 Å². The molecule has 0 amide bonds. The molecule has 0 heterocycles. The number of hydrazine groups is 1. The normalized spacial score (nSPS) is 17.5. The van der Waals surface area contributed by atoms with E-state index in [4.69, 9.17) is 5.84 Å². The highest BCUT2D eigenvalue weighted by atomic mass is 15.2. The first-order valence-electron chi connectivity index (χ1n) is 7.32. The summed E-state index contributed by atoms with van der Waals surface area (Å²) in [6, 6.07) is 7.23. The van der Waals surface area contributed by atoms with E-state index in [2.05, 4.69) is 37.5 Å². The van der Waals surface area contributed by atoms with E-state index in [9.17, 15) is 0 Å². The third-order valence-electron chi connectivity index (χ3n) is 4.15. The molecule has 0 saturated carbocycles. The van der Waals surface area contributed by atoms with Crippen LogP contribution in [0, 0.1) is 5.92 Å². The molecule has 18 heavy (non-hydrogen) atoms. The van der Waals surface area contributed by atoms with Gasteiger partial charge in [0.25, 0.3) is 0 Å². The van der Waals surface area contributed by atoms with Crippen LogP contribution in [0.4, 0.5) is 0 Å². The molecule has 2 rings (SSSR count). The Kier molecular flexibility index (Phi) is 4.79. The molecule has 0 bridgehead atoms. The largest absolute Gasteiger partial charge is 0.271 e. The number of nitrogens with one attached hydrogen (secondary N) is 1. The number of benzene rings is 1. The zero-order chi connectivity index (χ0) is 13.0. The van der Waals surface area contributed by atoms with Gasteiger partial charge in [-0.2, -0.15) is 0 Å². The number of nitrogens with two attached hydrogens (primary N) is 1. The van der Waals surface area contributed by atoms with Gasteiger partial charge in [-0.25, -0.2) is 0 Å². The third-order valence-corrected chi connectivity index (χ3v) is 4.15. The molecule has 3 N–H and O–H groups in total. The molecule has 0 fully saturated rings. The van der Waals surface area contributed by atoms with Gasteiger partial charge < -0.3 is 0 Å². The molecule has 2 heteroatoms. The number of hydrogen-bond acceptors (Lipinski definition) is 2. The minimum Gasteiger partial charge on any atom is -0.271 e. The van der Waals surface area contributed by atoms with Crippen LogP contribution in [-0.4, -0.2) is 0 Å². The summed E-state index contributed by atoms with van der Waals surface area (Å²) in [5, 5.41) is 0. The molecule has 0 radical (unpaired) electrons. The van der Waals surface area contributed by atoms with Gasteiger partial charge in [0.05, 0.1) is 0 Å². The summed E-state index contributed by atoms with van der Waals surface area (Å²) in [4.78, 5) is 0. The van der Waals surface area contributed by atoms with Crippen LogP contribution in [0.25, 0.3) is 0 Å². The number of fused-ring (bicyclic) bond motifs is 1. The maximum Gasteiger partial charge on any atom is 0.0462 e. The van der Waals surface area contributed by atoms with Crippen molar-refractivity contribution in [2.24, 2.45) is 11.8 Å². The molecule has 2 unspecified atom stereocenters. The van der Waals surface area contributed by atoms with Crippen LogP contribution >= 0.6 is 0 Å². The van der Waals surface area contributed by atoms with E-state index in [1.54, 1.807) is 0 Å². The molecule has 0 saturated heterocycles. The topological polar surface area (TPSA) is 38.0 Å². The number of rotatable bonds is 6. The maximum absolute atomic E-state index is 5.74. The monoisotopic (exact) mass is 246 g/mol. The summed E-state index contributed by atoms with van der Waals surface area (Å²) in [6.07, 6.45) is 7.47. The SMILES string of the molecule is CCCC(C)CC(NN)c1ccc2c(c1)CCC2. The molecular weight excluding hydrogens is 220 g/mol. The molecular formula is C16H26N2. The first-order chi connectivity index (χ1) is 8.74. The Bertz CT molecular complexity index is 387. The van der Waals surface area contributed by atoms with Crippen LogP contribution in [0.1, 0.15) is 62.3 Å². The summed E-state index contributed by atoms with van der Waals surface area (Å²) in [6.45, 7) is 4.57. The second-order valence-electron chi connectivity index (χ2n) is 5.73. The lowest BCUT2D eigenvalue weighted by molar-refractivity contribution is 0.394. The van der Waals surface area contributed by atoms with E-state index < -0.39 is 0 Å². The smallest absolute Gasteiger partial charge is 0.0462 e. The summed E-state index contributed by atoms with van der Waals surface area (Å²) in [5.41, 5.74) is 7.44. The van der Waals surface area contributed by atoms with E-state index in [1.165, 1.54) is 48.8 Å². The highest BCUT2D eigenvalue weighted by Gasteiger charge is 2.17. The molecule has 2 atom stereocenters. The Labute approximate surface area is 111 Å². The van der Waals surface area contributed by atoms with Gasteiger partial charge in [-0.15, -0.1) is 0 Å². The predicted molar refractivity (Wildman–Crippen MR) is 77.2 cm³/mol.